The van der Waals surface area contributed by atoms with Gasteiger partial charge >= 0.3 is 6.03 Å². The Labute approximate surface area is 202 Å². The highest BCUT2D eigenvalue weighted by Gasteiger charge is 2.35. The lowest BCUT2D eigenvalue weighted by molar-refractivity contribution is -0.127. The van der Waals surface area contributed by atoms with Gasteiger partial charge in [0.1, 0.15) is 12.2 Å². The molecule has 4 aromatic rings. The van der Waals surface area contributed by atoms with Gasteiger partial charge in [-0.25, -0.2) is 9.69 Å². The van der Waals surface area contributed by atoms with Gasteiger partial charge in [-0.2, -0.15) is 0 Å². The van der Waals surface area contributed by atoms with Gasteiger partial charge in [-0.1, -0.05) is 66.2 Å². The van der Waals surface area contributed by atoms with Crippen molar-refractivity contribution < 1.29 is 14.4 Å². The number of anilines is 1. The Bertz CT molecular complexity index is 1450. The summed E-state index contributed by atoms with van der Waals surface area (Å²) in [6, 6.07) is 24.7. The number of hydrogen-bond donors (Lipinski definition) is 2. The molecule has 7 nitrogen and oxygen atoms in total. The first-order valence-electron chi connectivity index (χ1n) is 11.3. The fourth-order valence-corrected chi connectivity index (χ4v) is 4.15. The van der Waals surface area contributed by atoms with Crippen molar-refractivity contribution in [2.75, 3.05) is 11.9 Å². The van der Waals surface area contributed by atoms with Crippen LogP contribution in [0.4, 0.5) is 10.5 Å². The topological polar surface area (TPSA) is 83.4 Å². The number of carbonyl (C=O) groups excluding carboxylic acids is 3. The summed E-state index contributed by atoms with van der Waals surface area (Å²) in [6.07, 6.45) is 3.64. The van der Waals surface area contributed by atoms with E-state index in [2.05, 4.69) is 27.3 Å². The standard InChI is InChI=1S/C28H24N4O3/c1-19-11-13-22(14-12-19)29-26(33)18-32-27(34)24(30-28(32)35)15-21-17-31(16-20-7-3-2-4-8-20)25-10-6-5-9-23(21)25/h2-15,17H,16,18H2,1H3,(H,29,33)(H,30,35)/b24-15+. The van der Waals surface area contributed by atoms with Crippen LogP contribution >= 0.6 is 0 Å². The van der Waals surface area contributed by atoms with Gasteiger partial charge in [-0.15, -0.1) is 0 Å². The van der Waals surface area contributed by atoms with Crippen molar-refractivity contribution in [1.29, 1.82) is 0 Å². The zero-order valence-corrected chi connectivity index (χ0v) is 19.2. The number of rotatable bonds is 6. The first-order chi connectivity index (χ1) is 17.0. The first-order valence-corrected chi connectivity index (χ1v) is 11.3. The summed E-state index contributed by atoms with van der Waals surface area (Å²) >= 11 is 0. The summed E-state index contributed by atoms with van der Waals surface area (Å²) in [6.45, 7) is 2.26. The van der Waals surface area contributed by atoms with Crippen LogP contribution in [0.5, 0.6) is 0 Å². The molecule has 1 aromatic heterocycles. The molecule has 0 radical (unpaired) electrons. The van der Waals surface area contributed by atoms with Crippen LogP contribution in [0, 0.1) is 6.92 Å². The predicted octanol–water partition coefficient (Wildman–Crippen LogP) is 4.53. The molecule has 0 saturated carbocycles. The van der Waals surface area contributed by atoms with Gasteiger partial charge in [0, 0.05) is 34.9 Å². The van der Waals surface area contributed by atoms with E-state index >= 15 is 0 Å². The second kappa shape index (κ2) is 9.30. The van der Waals surface area contributed by atoms with E-state index in [0.717, 1.165) is 32.5 Å². The maximum atomic E-state index is 13.0. The van der Waals surface area contributed by atoms with E-state index in [4.69, 9.17) is 0 Å². The lowest BCUT2D eigenvalue weighted by Gasteiger charge is -2.12. The molecule has 3 aromatic carbocycles. The molecule has 2 heterocycles. The monoisotopic (exact) mass is 464 g/mol. The molecule has 1 fully saturated rings. The normalized spacial score (nSPS) is 14.5. The van der Waals surface area contributed by atoms with Crippen LogP contribution in [0.15, 0.2) is 90.8 Å². The molecule has 35 heavy (non-hydrogen) atoms. The highest BCUT2D eigenvalue weighted by molar-refractivity contribution is 6.16. The van der Waals surface area contributed by atoms with Gasteiger partial charge in [0.2, 0.25) is 5.91 Å². The smallest absolute Gasteiger partial charge is 0.329 e. The zero-order chi connectivity index (χ0) is 24.4. The number of aromatic nitrogens is 1. The van der Waals surface area contributed by atoms with Gasteiger partial charge < -0.3 is 15.2 Å². The van der Waals surface area contributed by atoms with E-state index < -0.39 is 17.8 Å². The molecule has 7 heteroatoms. The highest BCUT2D eigenvalue weighted by atomic mass is 16.2. The van der Waals surface area contributed by atoms with Gasteiger partial charge in [0.05, 0.1) is 0 Å². The van der Waals surface area contributed by atoms with Crippen molar-refractivity contribution in [3.8, 4) is 0 Å². The maximum Gasteiger partial charge on any atom is 0.329 e. The Kier molecular flexibility index (Phi) is 5.89. The number of para-hydroxylation sites is 1. The van der Waals surface area contributed by atoms with Crippen LogP contribution in [0.3, 0.4) is 0 Å². The van der Waals surface area contributed by atoms with Crippen molar-refractivity contribution in [3.05, 3.63) is 107 Å². The van der Waals surface area contributed by atoms with Gasteiger partial charge in [0.15, 0.2) is 0 Å². The number of urea groups is 1. The number of benzene rings is 3. The molecule has 1 aliphatic heterocycles. The second-order valence-corrected chi connectivity index (χ2v) is 8.51. The molecule has 0 spiro atoms. The van der Waals surface area contributed by atoms with Gasteiger partial charge in [-0.05, 0) is 36.8 Å². The van der Waals surface area contributed by atoms with Gasteiger partial charge in [0.25, 0.3) is 5.91 Å². The molecule has 5 rings (SSSR count). The lowest BCUT2D eigenvalue weighted by atomic mass is 10.1. The summed E-state index contributed by atoms with van der Waals surface area (Å²) < 4.78 is 2.12. The number of imide groups is 1. The number of fused-ring (bicyclic) bond motifs is 1. The molecule has 2 N–H and O–H groups in total. The molecule has 174 valence electrons. The first kappa shape index (κ1) is 22.2. The zero-order valence-electron chi connectivity index (χ0n) is 19.2. The second-order valence-electron chi connectivity index (χ2n) is 8.51. The third-order valence-corrected chi connectivity index (χ3v) is 5.91. The minimum Gasteiger partial charge on any atom is -0.342 e. The number of aryl methyl sites for hydroxylation is 1. The Morgan fingerprint density at radius 1 is 0.943 bits per heavy atom. The Balaban J connectivity index is 1.36. The Hall–Kier alpha value is -4.65. The van der Waals surface area contributed by atoms with E-state index in [-0.39, 0.29) is 12.2 Å². The van der Waals surface area contributed by atoms with Crippen LogP contribution in [-0.4, -0.2) is 33.9 Å². The minimum absolute atomic E-state index is 0.140. The SMILES string of the molecule is Cc1ccc(NC(=O)CN2C(=O)N/C(=C/c3cn(Cc4ccccc4)c4ccccc34)C2=O)cc1. The maximum absolute atomic E-state index is 13.0. The van der Waals surface area contributed by atoms with E-state index in [0.29, 0.717) is 12.2 Å². The molecule has 0 aliphatic carbocycles. The average Bonchev–Trinajstić information content (AvgIpc) is 3.33. The van der Waals surface area contributed by atoms with Crippen LogP contribution in [-0.2, 0) is 16.1 Å². The molecule has 4 amide bonds. The lowest BCUT2D eigenvalue weighted by Crippen LogP contribution is -2.38. The number of hydrogen-bond acceptors (Lipinski definition) is 3. The third kappa shape index (κ3) is 4.70. The Morgan fingerprint density at radius 3 is 2.43 bits per heavy atom. The van der Waals surface area contributed by atoms with Crippen LogP contribution < -0.4 is 10.6 Å². The fourth-order valence-electron chi connectivity index (χ4n) is 4.15. The number of nitrogens with one attached hydrogen (secondary N) is 2. The van der Waals surface area contributed by atoms with Crippen molar-refractivity contribution in [3.63, 3.8) is 0 Å². The van der Waals surface area contributed by atoms with E-state index in [1.54, 1.807) is 18.2 Å². The van der Waals surface area contributed by atoms with Crippen molar-refractivity contribution in [2.24, 2.45) is 0 Å². The fraction of sp³-hybridized carbons (Fsp3) is 0.107. The summed E-state index contributed by atoms with van der Waals surface area (Å²) in [5.74, 6) is -0.980. The molecule has 0 bridgehead atoms. The van der Waals surface area contributed by atoms with Crippen LogP contribution in [0.25, 0.3) is 17.0 Å². The van der Waals surface area contributed by atoms with E-state index in [1.165, 1.54) is 0 Å². The number of carbonyl (C=O) groups is 3. The van der Waals surface area contributed by atoms with Crippen LogP contribution in [0.1, 0.15) is 16.7 Å². The van der Waals surface area contributed by atoms with Crippen LogP contribution in [0.2, 0.25) is 0 Å². The third-order valence-electron chi connectivity index (χ3n) is 5.91. The summed E-state index contributed by atoms with van der Waals surface area (Å²) in [5, 5.41) is 6.29. The van der Waals surface area contributed by atoms with Crippen molar-refractivity contribution in [1.82, 2.24) is 14.8 Å². The minimum atomic E-state index is -0.617. The van der Waals surface area contributed by atoms with Gasteiger partial charge in [-0.3, -0.25) is 9.59 Å². The number of nitrogens with zero attached hydrogens (tertiary/aromatic N) is 2. The average molecular weight is 465 g/mol. The molecule has 1 aliphatic rings. The summed E-state index contributed by atoms with van der Waals surface area (Å²) in [7, 11) is 0. The highest BCUT2D eigenvalue weighted by Crippen LogP contribution is 2.25. The summed E-state index contributed by atoms with van der Waals surface area (Å²) in [5.41, 5.74) is 4.80. The number of amides is 4. The molecule has 0 atom stereocenters. The predicted molar refractivity (Wildman–Crippen MR) is 136 cm³/mol. The van der Waals surface area contributed by atoms with E-state index in [1.807, 2.05) is 67.7 Å². The largest absolute Gasteiger partial charge is 0.342 e. The quantitative estimate of drug-likeness (QED) is 0.325. The molecule has 0 unspecified atom stereocenters. The molecule has 1 saturated heterocycles. The van der Waals surface area contributed by atoms with Crippen molar-refractivity contribution in [2.45, 2.75) is 13.5 Å². The Morgan fingerprint density at radius 2 is 1.66 bits per heavy atom. The van der Waals surface area contributed by atoms with Crippen molar-refractivity contribution >= 4 is 40.5 Å². The molecular formula is C28H24N4O3. The van der Waals surface area contributed by atoms with E-state index in [9.17, 15) is 14.4 Å². The molecular weight excluding hydrogens is 440 g/mol. The summed E-state index contributed by atoms with van der Waals surface area (Å²) in [4.78, 5) is 38.8.